The Morgan fingerprint density at radius 1 is 0.958 bits per heavy atom. The molecule has 0 N–H and O–H groups in total. The molecule has 0 spiro atoms. The first kappa shape index (κ1) is 16.0. The maximum atomic E-state index is 6.09. The number of aromatic nitrogens is 4. The van der Waals surface area contributed by atoms with E-state index in [1.165, 1.54) is 50.5 Å². The zero-order valence-corrected chi connectivity index (χ0v) is 14.7. The molecular weight excluding hydrogens is 322 g/mol. The summed E-state index contributed by atoms with van der Waals surface area (Å²) in [6.45, 7) is 2.20. The second kappa shape index (κ2) is 7.19. The summed E-state index contributed by atoms with van der Waals surface area (Å²) in [6, 6.07) is 8.74. The number of hydrogen-bond donors (Lipinski definition) is 0. The molecule has 0 unspecified atom stereocenters. The van der Waals surface area contributed by atoms with Gasteiger partial charge in [-0.2, -0.15) is 0 Å². The van der Waals surface area contributed by atoms with Crippen LogP contribution in [0.4, 0.5) is 0 Å². The molecule has 1 saturated carbocycles. The monoisotopic (exact) mass is 345 g/mol. The zero-order chi connectivity index (χ0) is 16.4. The summed E-state index contributed by atoms with van der Waals surface area (Å²) in [5.41, 5.74) is 1.23. The van der Waals surface area contributed by atoms with Crippen molar-refractivity contribution in [1.29, 1.82) is 0 Å². The Morgan fingerprint density at radius 2 is 1.67 bits per heavy atom. The quantitative estimate of drug-likeness (QED) is 0.839. The van der Waals surface area contributed by atoms with Crippen LogP contribution in [0.25, 0.3) is 0 Å². The summed E-state index contributed by atoms with van der Waals surface area (Å²) in [6.07, 6.45) is 8.75. The summed E-state index contributed by atoms with van der Waals surface area (Å²) >= 11 is 6.09. The molecular formula is C18H24ClN5. The van der Waals surface area contributed by atoms with Gasteiger partial charge in [-0.25, -0.2) is 4.68 Å². The molecule has 0 radical (unpaired) electrons. The first-order chi connectivity index (χ1) is 11.8. The van der Waals surface area contributed by atoms with E-state index in [1.54, 1.807) is 0 Å². The van der Waals surface area contributed by atoms with Gasteiger partial charge in [-0.05, 0) is 66.9 Å². The largest absolute Gasteiger partial charge is 0.290 e. The molecule has 4 rings (SSSR count). The van der Waals surface area contributed by atoms with Crippen LogP contribution in [0.5, 0.6) is 0 Å². The molecule has 1 aromatic carbocycles. The lowest BCUT2D eigenvalue weighted by atomic mass is 9.95. The van der Waals surface area contributed by atoms with Crippen LogP contribution in [0, 0.1) is 0 Å². The SMILES string of the molecule is Clc1ccc([C@H](c2nnnn2C2CCCCC2)N2CCCC2)cc1. The zero-order valence-electron chi connectivity index (χ0n) is 13.9. The van der Waals surface area contributed by atoms with Crippen LogP contribution in [-0.4, -0.2) is 38.2 Å². The lowest BCUT2D eigenvalue weighted by Gasteiger charge is -2.29. The van der Waals surface area contributed by atoms with Gasteiger partial charge >= 0.3 is 0 Å². The van der Waals surface area contributed by atoms with Gasteiger partial charge in [0.15, 0.2) is 5.82 Å². The normalized spacial score (nSPS) is 21.2. The minimum Gasteiger partial charge on any atom is -0.290 e. The summed E-state index contributed by atoms with van der Waals surface area (Å²) in [5.74, 6) is 0.992. The maximum Gasteiger partial charge on any atom is 0.173 e. The highest BCUT2D eigenvalue weighted by Gasteiger charge is 2.31. The summed E-state index contributed by atoms with van der Waals surface area (Å²) < 4.78 is 2.11. The minimum atomic E-state index is 0.127. The molecule has 1 saturated heterocycles. The molecule has 2 aliphatic rings. The Hall–Kier alpha value is -1.46. The Balaban J connectivity index is 1.71. The van der Waals surface area contributed by atoms with Gasteiger partial charge in [0.2, 0.25) is 0 Å². The van der Waals surface area contributed by atoms with Crippen molar-refractivity contribution in [2.75, 3.05) is 13.1 Å². The fraction of sp³-hybridized carbons (Fsp3) is 0.611. The lowest BCUT2D eigenvalue weighted by Crippen LogP contribution is -2.30. The number of nitrogens with zero attached hydrogens (tertiary/aromatic N) is 5. The second-order valence-corrected chi connectivity index (χ2v) is 7.41. The van der Waals surface area contributed by atoms with Gasteiger partial charge < -0.3 is 0 Å². The Bertz CT molecular complexity index is 656. The van der Waals surface area contributed by atoms with E-state index in [0.717, 1.165) is 23.9 Å². The highest BCUT2D eigenvalue weighted by molar-refractivity contribution is 6.30. The van der Waals surface area contributed by atoms with Crippen molar-refractivity contribution in [1.82, 2.24) is 25.1 Å². The molecule has 1 aromatic heterocycles. The van der Waals surface area contributed by atoms with Gasteiger partial charge in [-0.15, -0.1) is 5.10 Å². The van der Waals surface area contributed by atoms with Crippen LogP contribution in [-0.2, 0) is 0 Å². The van der Waals surface area contributed by atoms with E-state index in [-0.39, 0.29) is 6.04 Å². The summed E-state index contributed by atoms with van der Waals surface area (Å²) in [5, 5.41) is 13.7. The number of benzene rings is 1. The fourth-order valence-corrected chi connectivity index (χ4v) is 4.26. The maximum absolute atomic E-state index is 6.09. The van der Waals surface area contributed by atoms with Crippen LogP contribution in [0.15, 0.2) is 24.3 Å². The molecule has 2 fully saturated rings. The summed E-state index contributed by atoms with van der Waals surface area (Å²) in [7, 11) is 0. The van der Waals surface area contributed by atoms with Crippen molar-refractivity contribution < 1.29 is 0 Å². The molecule has 2 heterocycles. The van der Waals surface area contributed by atoms with Crippen LogP contribution in [0.1, 0.15) is 68.4 Å². The van der Waals surface area contributed by atoms with Gasteiger partial charge in [-0.1, -0.05) is 43.0 Å². The lowest BCUT2D eigenvalue weighted by molar-refractivity contribution is 0.244. The van der Waals surface area contributed by atoms with Crippen molar-refractivity contribution >= 4 is 11.6 Å². The molecule has 0 bridgehead atoms. The molecule has 24 heavy (non-hydrogen) atoms. The van der Waals surface area contributed by atoms with E-state index in [9.17, 15) is 0 Å². The number of tetrazole rings is 1. The first-order valence-corrected chi connectivity index (χ1v) is 9.48. The van der Waals surface area contributed by atoms with E-state index in [0.29, 0.717) is 6.04 Å². The van der Waals surface area contributed by atoms with Gasteiger partial charge in [0.25, 0.3) is 0 Å². The Labute approximate surface area is 148 Å². The molecule has 1 aliphatic heterocycles. The van der Waals surface area contributed by atoms with Crippen LogP contribution < -0.4 is 0 Å². The molecule has 1 aliphatic carbocycles. The van der Waals surface area contributed by atoms with E-state index >= 15 is 0 Å². The van der Waals surface area contributed by atoms with E-state index in [1.807, 2.05) is 12.1 Å². The van der Waals surface area contributed by atoms with Crippen molar-refractivity contribution in [3.8, 4) is 0 Å². The fourth-order valence-electron chi connectivity index (χ4n) is 4.13. The Kier molecular flexibility index (Phi) is 4.81. The van der Waals surface area contributed by atoms with Gasteiger partial charge in [0.05, 0.1) is 12.1 Å². The molecule has 0 amide bonds. The predicted octanol–water partition coefficient (Wildman–Crippen LogP) is 4.02. The topological polar surface area (TPSA) is 46.8 Å². The van der Waals surface area contributed by atoms with Gasteiger partial charge in [0.1, 0.15) is 0 Å². The third kappa shape index (κ3) is 3.20. The van der Waals surface area contributed by atoms with E-state index in [4.69, 9.17) is 11.6 Å². The predicted molar refractivity (Wildman–Crippen MR) is 94.0 cm³/mol. The summed E-state index contributed by atoms with van der Waals surface area (Å²) in [4.78, 5) is 2.51. The standard InChI is InChI=1S/C18H24ClN5/c19-15-10-8-14(9-11-15)17(23-12-4-5-13-23)18-20-21-22-24(18)16-6-2-1-3-7-16/h8-11,16-17H,1-7,12-13H2/t17-/m1/s1. The van der Waals surface area contributed by atoms with Crippen LogP contribution in [0.3, 0.4) is 0 Å². The third-order valence-corrected chi connectivity index (χ3v) is 5.63. The first-order valence-electron chi connectivity index (χ1n) is 9.10. The van der Waals surface area contributed by atoms with Crippen molar-refractivity contribution in [2.24, 2.45) is 0 Å². The van der Waals surface area contributed by atoms with Gasteiger partial charge in [0, 0.05) is 5.02 Å². The molecule has 2 aromatic rings. The van der Waals surface area contributed by atoms with Crippen LogP contribution in [0.2, 0.25) is 5.02 Å². The second-order valence-electron chi connectivity index (χ2n) is 6.97. The average molecular weight is 346 g/mol. The van der Waals surface area contributed by atoms with Crippen molar-refractivity contribution in [3.63, 3.8) is 0 Å². The van der Waals surface area contributed by atoms with Crippen molar-refractivity contribution in [2.45, 2.75) is 57.0 Å². The highest BCUT2D eigenvalue weighted by atomic mass is 35.5. The third-order valence-electron chi connectivity index (χ3n) is 5.37. The van der Waals surface area contributed by atoms with E-state index < -0.39 is 0 Å². The smallest absolute Gasteiger partial charge is 0.173 e. The van der Waals surface area contributed by atoms with Crippen LogP contribution >= 0.6 is 11.6 Å². The molecule has 128 valence electrons. The number of hydrogen-bond acceptors (Lipinski definition) is 4. The van der Waals surface area contributed by atoms with E-state index in [2.05, 4.69) is 37.2 Å². The average Bonchev–Trinajstić information content (AvgIpc) is 3.30. The molecule has 1 atom stereocenters. The number of halogens is 1. The number of rotatable bonds is 4. The molecule has 5 nitrogen and oxygen atoms in total. The highest BCUT2D eigenvalue weighted by Crippen LogP contribution is 2.34. The Morgan fingerprint density at radius 3 is 2.38 bits per heavy atom. The van der Waals surface area contributed by atoms with Crippen molar-refractivity contribution in [3.05, 3.63) is 40.7 Å². The number of likely N-dealkylation sites (tertiary alicyclic amines) is 1. The minimum absolute atomic E-state index is 0.127. The van der Waals surface area contributed by atoms with Gasteiger partial charge in [-0.3, -0.25) is 4.90 Å². The molecule has 6 heteroatoms.